The van der Waals surface area contributed by atoms with Gasteiger partial charge in [0.05, 0.1) is 0 Å². The van der Waals surface area contributed by atoms with E-state index in [0.29, 0.717) is 0 Å². The summed E-state index contributed by atoms with van der Waals surface area (Å²) in [6.07, 6.45) is 15.5. The molecule has 0 aliphatic heterocycles. The lowest BCUT2D eigenvalue weighted by atomic mass is 9.69. The van der Waals surface area contributed by atoms with Crippen LogP contribution in [0.1, 0.15) is 66.3 Å². The summed E-state index contributed by atoms with van der Waals surface area (Å²) in [6, 6.07) is 2.37. The minimum Gasteiger partial charge on any atom is -0.164 e. The van der Waals surface area contributed by atoms with E-state index in [1.807, 2.05) is 0 Å². The molecule has 0 heterocycles. The molecule has 0 fully saturated rings. The van der Waals surface area contributed by atoms with Crippen LogP contribution >= 0.6 is 0 Å². The molecule has 0 amide bonds. The van der Waals surface area contributed by atoms with Gasteiger partial charge in [-0.05, 0) is 98.1 Å². The normalized spacial score (nSPS) is 20.9. The van der Waals surface area contributed by atoms with E-state index in [4.69, 9.17) is 0 Å². The molecule has 0 radical (unpaired) electrons. The maximum atomic E-state index is 12.7. The molecule has 3 aliphatic rings. The van der Waals surface area contributed by atoms with Crippen molar-refractivity contribution < 1.29 is 8.78 Å². The van der Waals surface area contributed by atoms with Gasteiger partial charge in [0.1, 0.15) is 0 Å². The van der Waals surface area contributed by atoms with Crippen LogP contribution < -0.4 is 0 Å². The van der Waals surface area contributed by atoms with Crippen LogP contribution in [-0.4, -0.2) is 0 Å². The molecule has 0 aromatic heterocycles. The highest BCUT2D eigenvalue weighted by atomic mass is 19.3. The van der Waals surface area contributed by atoms with Gasteiger partial charge in [-0.1, -0.05) is 23.9 Å². The summed E-state index contributed by atoms with van der Waals surface area (Å²) in [7, 11) is 0. The van der Waals surface area contributed by atoms with Crippen molar-refractivity contribution >= 4 is 0 Å². The summed E-state index contributed by atoms with van der Waals surface area (Å²) in [5.74, 6) is 0. The lowest BCUT2D eigenvalue weighted by Crippen LogP contribution is -2.25. The summed E-state index contributed by atoms with van der Waals surface area (Å²) < 4.78 is 25.5. The van der Waals surface area contributed by atoms with E-state index in [0.717, 1.165) is 25.7 Å². The third-order valence-corrected chi connectivity index (χ3v) is 6.11. The summed E-state index contributed by atoms with van der Waals surface area (Å²) in [5, 5.41) is 0. The Morgan fingerprint density at radius 2 is 1.50 bits per heavy atom. The number of rotatable bonds is 2. The van der Waals surface area contributed by atoms with Crippen molar-refractivity contribution in [2.24, 2.45) is 0 Å². The molecule has 4 rings (SSSR count). The number of halogens is 2. The molecule has 0 N–H and O–H groups in total. The Bertz CT molecular complexity index is 736. The van der Waals surface area contributed by atoms with Crippen LogP contribution in [0.25, 0.3) is 0 Å². The molecular weight excluding hydrogens is 302 g/mol. The zero-order valence-corrected chi connectivity index (χ0v) is 14.1. The van der Waals surface area contributed by atoms with Crippen LogP contribution in [0.4, 0.5) is 8.78 Å². The van der Waals surface area contributed by atoms with Gasteiger partial charge < -0.3 is 0 Å². The van der Waals surface area contributed by atoms with Crippen molar-refractivity contribution in [2.45, 2.75) is 69.6 Å². The van der Waals surface area contributed by atoms with Crippen LogP contribution in [0.5, 0.6) is 0 Å². The van der Waals surface area contributed by atoms with Gasteiger partial charge in [0, 0.05) is 5.41 Å². The molecule has 1 aromatic rings. The molecular formula is C22H24F2. The first-order chi connectivity index (χ1) is 11.7. The minimum absolute atomic E-state index is 0.308. The molecule has 24 heavy (non-hydrogen) atoms. The zero-order valence-electron chi connectivity index (χ0n) is 14.1. The lowest BCUT2D eigenvalue weighted by molar-refractivity contribution is 0.422. The second-order valence-corrected chi connectivity index (χ2v) is 7.52. The number of hydrogen-bond acceptors (Lipinski definition) is 0. The Morgan fingerprint density at radius 1 is 0.875 bits per heavy atom. The average Bonchev–Trinajstić information content (AvgIpc) is 3.09. The van der Waals surface area contributed by atoms with E-state index in [-0.39, 0.29) is 5.41 Å². The molecule has 0 nitrogen and oxygen atoms in total. The SMILES string of the molecule is FC(F)=C=CC1(c2cc3c(c4c2CCCC4)CCCC3)CC=CC1. The topological polar surface area (TPSA) is 0 Å². The van der Waals surface area contributed by atoms with Crippen LogP contribution in [0, 0.1) is 0 Å². The third kappa shape index (κ3) is 2.67. The van der Waals surface area contributed by atoms with Gasteiger partial charge in [0.15, 0.2) is 0 Å². The lowest BCUT2D eigenvalue weighted by Gasteiger charge is -2.34. The van der Waals surface area contributed by atoms with E-state index in [1.54, 1.807) is 17.2 Å². The van der Waals surface area contributed by atoms with Crippen LogP contribution in [0.2, 0.25) is 0 Å². The molecule has 0 spiro atoms. The molecule has 1 aromatic carbocycles. The van der Waals surface area contributed by atoms with E-state index < -0.39 is 6.08 Å². The Morgan fingerprint density at radius 3 is 2.21 bits per heavy atom. The van der Waals surface area contributed by atoms with Crippen molar-refractivity contribution in [1.29, 1.82) is 0 Å². The van der Waals surface area contributed by atoms with Crippen molar-refractivity contribution in [3.63, 3.8) is 0 Å². The van der Waals surface area contributed by atoms with Crippen molar-refractivity contribution in [1.82, 2.24) is 0 Å². The smallest absolute Gasteiger partial charge is 0.164 e. The molecule has 0 bridgehead atoms. The van der Waals surface area contributed by atoms with E-state index in [1.165, 1.54) is 55.2 Å². The summed E-state index contributed by atoms with van der Waals surface area (Å²) >= 11 is 0. The predicted octanol–water partition coefficient (Wildman–Crippen LogP) is 5.97. The Balaban J connectivity index is 1.92. The Hall–Kier alpha value is -1.66. The van der Waals surface area contributed by atoms with Crippen molar-refractivity contribution in [2.75, 3.05) is 0 Å². The van der Waals surface area contributed by atoms with Crippen molar-refractivity contribution in [3.05, 3.63) is 63.9 Å². The van der Waals surface area contributed by atoms with Gasteiger partial charge in [0.25, 0.3) is 0 Å². The quantitative estimate of drug-likeness (QED) is 0.464. The zero-order chi connectivity index (χ0) is 16.6. The molecule has 0 saturated heterocycles. The number of hydrogen-bond donors (Lipinski definition) is 0. The number of fused-ring (bicyclic) bond motifs is 3. The van der Waals surface area contributed by atoms with E-state index in [2.05, 4.69) is 23.9 Å². The fourth-order valence-corrected chi connectivity index (χ4v) is 4.95. The largest absolute Gasteiger partial charge is 0.312 e. The molecule has 126 valence electrons. The maximum absolute atomic E-state index is 12.7. The molecule has 0 unspecified atom stereocenters. The first-order valence-electron chi connectivity index (χ1n) is 9.30. The fourth-order valence-electron chi connectivity index (χ4n) is 4.95. The summed E-state index contributed by atoms with van der Waals surface area (Å²) in [5.41, 5.74) is 9.36. The van der Waals surface area contributed by atoms with Gasteiger partial charge in [-0.3, -0.25) is 0 Å². The van der Waals surface area contributed by atoms with Gasteiger partial charge in [-0.15, -0.1) is 0 Å². The van der Waals surface area contributed by atoms with Gasteiger partial charge in [-0.2, -0.15) is 8.78 Å². The fraction of sp³-hybridized carbons (Fsp3) is 0.500. The molecule has 0 saturated carbocycles. The van der Waals surface area contributed by atoms with Gasteiger partial charge in [0.2, 0.25) is 0 Å². The summed E-state index contributed by atoms with van der Waals surface area (Å²) in [6.45, 7) is 0. The maximum Gasteiger partial charge on any atom is 0.312 e. The minimum atomic E-state index is -1.71. The number of benzene rings is 1. The van der Waals surface area contributed by atoms with Crippen molar-refractivity contribution in [3.8, 4) is 0 Å². The standard InChI is InChI=1S/C22H24F2/c23-21(24)11-14-22(12-5-6-13-22)20-15-16-7-1-2-8-17(16)18-9-3-4-10-19(18)20/h5-6,14-15H,1-4,7-10,12-13H2. The van der Waals surface area contributed by atoms with Crippen LogP contribution in [-0.2, 0) is 31.1 Å². The highest BCUT2D eigenvalue weighted by Crippen LogP contribution is 2.45. The van der Waals surface area contributed by atoms with E-state index >= 15 is 0 Å². The Kier molecular flexibility index (Phi) is 4.18. The highest BCUT2D eigenvalue weighted by Gasteiger charge is 2.35. The first kappa shape index (κ1) is 15.8. The molecule has 2 heteroatoms. The summed E-state index contributed by atoms with van der Waals surface area (Å²) in [4.78, 5) is 0. The molecule has 0 atom stereocenters. The van der Waals surface area contributed by atoms with E-state index in [9.17, 15) is 8.78 Å². The Labute approximate surface area is 143 Å². The first-order valence-corrected chi connectivity index (χ1v) is 9.30. The van der Waals surface area contributed by atoms with Crippen LogP contribution in [0.15, 0.2) is 36.1 Å². The molecule has 3 aliphatic carbocycles. The average molecular weight is 326 g/mol. The monoisotopic (exact) mass is 326 g/mol. The van der Waals surface area contributed by atoms with Gasteiger partial charge >= 0.3 is 6.08 Å². The number of allylic oxidation sites excluding steroid dienone is 3. The third-order valence-electron chi connectivity index (χ3n) is 6.11. The predicted molar refractivity (Wildman–Crippen MR) is 93.6 cm³/mol. The van der Waals surface area contributed by atoms with Gasteiger partial charge in [-0.25, -0.2) is 0 Å². The second kappa shape index (κ2) is 6.33. The second-order valence-electron chi connectivity index (χ2n) is 7.52. The number of aryl methyl sites for hydroxylation is 1. The highest BCUT2D eigenvalue weighted by molar-refractivity contribution is 5.53. The van der Waals surface area contributed by atoms with Crippen LogP contribution in [0.3, 0.4) is 0 Å².